The summed E-state index contributed by atoms with van der Waals surface area (Å²) in [5.41, 5.74) is 1.63. The molecule has 62 valence electrons. The van der Waals surface area contributed by atoms with E-state index in [1.165, 1.54) is 12.1 Å². The van der Waals surface area contributed by atoms with Crippen LogP contribution in [0, 0.1) is 5.82 Å². The normalized spacial score (nSPS) is 15.2. The molecule has 0 amide bonds. The van der Waals surface area contributed by atoms with Gasteiger partial charge in [-0.2, -0.15) is 0 Å². The molecule has 0 saturated heterocycles. The van der Waals surface area contributed by atoms with Crippen LogP contribution in [0.4, 0.5) is 10.1 Å². The molecule has 1 aliphatic heterocycles. The maximum absolute atomic E-state index is 12.7. The molecule has 1 heterocycles. The molecule has 0 aromatic heterocycles. The molecule has 0 spiro atoms. The summed E-state index contributed by atoms with van der Waals surface area (Å²) in [6.07, 6.45) is 0.347. The first-order valence-electron chi connectivity index (χ1n) is 3.80. The predicted molar refractivity (Wildman–Crippen MR) is 43.6 cm³/mol. The highest BCUT2D eigenvalue weighted by molar-refractivity contribution is 5.89. The summed E-state index contributed by atoms with van der Waals surface area (Å²) < 4.78 is 12.7. The molecule has 0 aliphatic carbocycles. The van der Waals surface area contributed by atoms with E-state index >= 15 is 0 Å². The smallest absolute Gasteiger partial charge is 0.156 e. The third kappa shape index (κ3) is 1.18. The Balaban J connectivity index is 2.44. The number of Topliss-reactive ketones (excluding diaryl/α,β-unsaturated/α-hetero) is 1. The van der Waals surface area contributed by atoms with Gasteiger partial charge in [-0.05, 0) is 23.8 Å². The molecule has 1 N–H and O–H groups in total. The van der Waals surface area contributed by atoms with Crippen molar-refractivity contribution in [1.82, 2.24) is 0 Å². The van der Waals surface area contributed by atoms with Crippen LogP contribution in [0.3, 0.4) is 0 Å². The van der Waals surface area contributed by atoms with E-state index in [0.717, 1.165) is 11.3 Å². The van der Waals surface area contributed by atoms with E-state index < -0.39 is 0 Å². The Bertz CT molecular complexity index is 335. The topological polar surface area (TPSA) is 29.1 Å². The maximum atomic E-state index is 12.7. The van der Waals surface area contributed by atoms with Gasteiger partial charge in [0.2, 0.25) is 0 Å². The van der Waals surface area contributed by atoms with Crippen molar-refractivity contribution in [2.24, 2.45) is 0 Å². The highest BCUT2D eigenvalue weighted by Crippen LogP contribution is 2.20. The summed E-state index contributed by atoms with van der Waals surface area (Å²) in [5.74, 6) is -0.182. The number of carbonyl (C=O) groups is 1. The first-order chi connectivity index (χ1) is 5.75. The lowest BCUT2D eigenvalue weighted by Crippen LogP contribution is -2.22. The predicted octanol–water partition coefficient (Wildman–Crippen LogP) is 1.36. The number of rotatable bonds is 0. The summed E-state index contributed by atoms with van der Waals surface area (Å²) in [4.78, 5) is 11.0. The second-order valence-electron chi connectivity index (χ2n) is 2.87. The van der Waals surface area contributed by atoms with Crippen LogP contribution in [0.2, 0.25) is 0 Å². The van der Waals surface area contributed by atoms with Gasteiger partial charge in [-0.25, -0.2) is 4.39 Å². The zero-order chi connectivity index (χ0) is 8.55. The van der Waals surface area contributed by atoms with E-state index in [-0.39, 0.29) is 11.6 Å². The van der Waals surface area contributed by atoms with Gasteiger partial charge in [0.15, 0.2) is 5.78 Å². The van der Waals surface area contributed by atoms with E-state index in [0.29, 0.717) is 13.0 Å². The summed E-state index contributed by atoms with van der Waals surface area (Å²) in [6, 6.07) is 4.46. The zero-order valence-corrected chi connectivity index (χ0v) is 6.43. The third-order valence-electron chi connectivity index (χ3n) is 1.93. The van der Waals surface area contributed by atoms with Crippen LogP contribution in [0.1, 0.15) is 5.56 Å². The lowest BCUT2D eigenvalue weighted by atomic mass is 10.0. The number of nitrogens with one attached hydrogen (secondary N) is 1. The van der Waals surface area contributed by atoms with E-state index in [2.05, 4.69) is 5.32 Å². The number of fused-ring (bicyclic) bond motifs is 1. The van der Waals surface area contributed by atoms with E-state index in [1.807, 2.05) is 0 Å². The van der Waals surface area contributed by atoms with Crippen molar-refractivity contribution in [3.8, 4) is 0 Å². The van der Waals surface area contributed by atoms with Crippen molar-refractivity contribution in [2.45, 2.75) is 6.42 Å². The minimum Gasteiger partial charge on any atom is -0.378 e. The van der Waals surface area contributed by atoms with Crippen molar-refractivity contribution >= 4 is 11.5 Å². The second kappa shape index (κ2) is 2.59. The first-order valence-corrected chi connectivity index (χ1v) is 3.80. The standard InChI is InChI=1S/C9H8FNO/c10-7-1-2-9-6(3-7)4-8(12)5-11-9/h1-3,11H,4-5H2. The molecule has 1 aromatic carbocycles. The number of carbonyl (C=O) groups excluding carboxylic acids is 1. The van der Waals surface area contributed by atoms with Crippen molar-refractivity contribution in [3.05, 3.63) is 29.6 Å². The maximum Gasteiger partial charge on any atom is 0.156 e. The fourth-order valence-electron chi connectivity index (χ4n) is 1.35. The molecular weight excluding hydrogens is 157 g/mol. The van der Waals surface area contributed by atoms with Crippen LogP contribution in [-0.4, -0.2) is 12.3 Å². The zero-order valence-electron chi connectivity index (χ0n) is 6.43. The monoisotopic (exact) mass is 165 g/mol. The van der Waals surface area contributed by atoms with E-state index in [9.17, 15) is 9.18 Å². The van der Waals surface area contributed by atoms with Crippen LogP contribution in [0.5, 0.6) is 0 Å². The highest BCUT2D eigenvalue weighted by Gasteiger charge is 2.14. The molecule has 2 nitrogen and oxygen atoms in total. The van der Waals surface area contributed by atoms with Crippen LogP contribution < -0.4 is 5.32 Å². The molecule has 1 aliphatic rings. The van der Waals surface area contributed by atoms with E-state index in [1.54, 1.807) is 6.07 Å². The largest absolute Gasteiger partial charge is 0.378 e. The fraction of sp³-hybridized carbons (Fsp3) is 0.222. The Kier molecular flexibility index (Phi) is 1.57. The Morgan fingerprint density at radius 3 is 3.08 bits per heavy atom. The fourth-order valence-corrected chi connectivity index (χ4v) is 1.35. The molecular formula is C9H8FNO. The Morgan fingerprint density at radius 1 is 1.42 bits per heavy atom. The number of anilines is 1. The molecule has 0 unspecified atom stereocenters. The molecule has 0 radical (unpaired) electrons. The summed E-state index contributed by atoms with van der Waals surface area (Å²) in [7, 11) is 0. The molecule has 3 heteroatoms. The van der Waals surface area contributed by atoms with Gasteiger partial charge in [0, 0.05) is 12.1 Å². The lowest BCUT2D eigenvalue weighted by Gasteiger charge is -2.16. The third-order valence-corrected chi connectivity index (χ3v) is 1.93. The number of benzene rings is 1. The van der Waals surface area contributed by atoms with Crippen LogP contribution in [0.25, 0.3) is 0 Å². The van der Waals surface area contributed by atoms with Gasteiger partial charge >= 0.3 is 0 Å². The van der Waals surface area contributed by atoms with Crippen molar-refractivity contribution < 1.29 is 9.18 Å². The van der Waals surface area contributed by atoms with Gasteiger partial charge in [-0.15, -0.1) is 0 Å². The minimum absolute atomic E-state index is 0.105. The number of ketones is 1. The van der Waals surface area contributed by atoms with Crippen molar-refractivity contribution in [1.29, 1.82) is 0 Å². The first kappa shape index (κ1) is 7.28. The van der Waals surface area contributed by atoms with Crippen molar-refractivity contribution in [2.75, 3.05) is 11.9 Å². The summed E-state index contributed by atoms with van der Waals surface area (Å²) in [6.45, 7) is 0.360. The molecule has 0 bridgehead atoms. The average molecular weight is 165 g/mol. The van der Waals surface area contributed by atoms with Crippen LogP contribution in [0.15, 0.2) is 18.2 Å². The number of hydrogen-bond acceptors (Lipinski definition) is 2. The minimum atomic E-state index is -0.287. The second-order valence-corrected chi connectivity index (χ2v) is 2.87. The summed E-state index contributed by atoms with van der Waals surface area (Å²) in [5, 5.41) is 2.92. The van der Waals surface area contributed by atoms with Gasteiger partial charge < -0.3 is 5.32 Å². The molecule has 0 atom stereocenters. The van der Waals surface area contributed by atoms with Crippen molar-refractivity contribution in [3.63, 3.8) is 0 Å². The molecule has 1 aromatic rings. The summed E-state index contributed by atoms with van der Waals surface area (Å²) >= 11 is 0. The molecule has 12 heavy (non-hydrogen) atoms. The average Bonchev–Trinajstić information content (AvgIpc) is 2.03. The molecule has 0 saturated carbocycles. The van der Waals surface area contributed by atoms with Gasteiger partial charge in [0.25, 0.3) is 0 Å². The van der Waals surface area contributed by atoms with Gasteiger partial charge in [0.1, 0.15) is 5.82 Å². The molecule has 0 fully saturated rings. The van der Waals surface area contributed by atoms with Gasteiger partial charge in [-0.1, -0.05) is 0 Å². The Morgan fingerprint density at radius 2 is 2.25 bits per heavy atom. The Labute approximate surface area is 69.4 Å². The van der Waals surface area contributed by atoms with Gasteiger partial charge in [-0.3, -0.25) is 4.79 Å². The van der Waals surface area contributed by atoms with Gasteiger partial charge in [0.05, 0.1) is 6.54 Å². The number of hydrogen-bond donors (Lipinski definition) is 1. The van der Waals surface area contributed by atoms with Crippen LogP contribution in [-0.2, 0) is 11.2 Å². The van der Waals surface area contributed by atoms with E-state index in [4.69, 9.17) is 0 Å². The Hall–Kier alpha value is -1.38. The highest BCUT2D eigenvalue weighted by atomic mass is 19.1. The quantitative estimate of drug-likeness (QED) is 0.629. The number of halogens is 1. The lowest BCUT2D eigenvalue weighted by molar-refractivity contribution is -0.117. The molecule has 2 rings (SSSR count). The van der Waals surface area contributed by atoms with Crippen LogP contribution >= 0.6 is 0 Å². The SMILES string of the molecule is O=C1CNc2ccc(F)cc2C1.